The quantitative estimate of drug-likeness (QED) is 0.658. The topological polar surface area (TPSA) is 129 Å². The molecule has 2 aromatic rings. The van der Waals surface area contributed by atoms with Crippen molar-refractivity contribution in [2.45, 2.75) is 24.6 Å². The molecule has 0 spiro atoms. The van der Waals surface area contributed by atoms with Gasteiger partial charge in [-0.05, 0) is 0 Å². The van der Waals surface area contributed by atoms with Crippen molar-refractivity contribution in [2.24, 2.45) is 0 Å². The van der Waals surface area contributed by atoms with Gasteiger partial charge < -0.3 is 25.4 Å². The van der Waals surface area contributed by atoms with Crippen LogP contribution in [-0.4, -0.2) is 61.8 Å². The van der Waals surface area contributed by atoms with Crippen molar-refractivity contribution >= 4 is 17.1 Å². The zero-order chi connectivity index (χ0) is 15.1. The van der Waals surface area contributed by atoms with Crippen LogP contribution in [0.1, 0.15) is 6.23 Å². The first kappa shape index (κ1) is 13.9. The van der Waals surface area contributed by atoms with E-state index in [1.807, 2.05) is 0 Å². The minimum Gasteiger partial charge on any atom is -0.479 e. The zero-order valence-electron chi connectivity index (χ0n) is 11.0. The number of hydrogen-bond acceptors (Lipinski definition) is 8. The number of nitrogens with zero attached hydrogens (tertiary/aromatic N) is 4. The second-order valence-electron chi connectivity index (χ2n) is 4.60. The number of imidazole rings is 1. The van der Waals surface area contributed by atoms with Crippen molar-refractivity contribution in [1.82, 2.24) is 19.5 Å². The predicted octanol–water partition coefficient (Wildman–Crippen LogP) is -0.994. The van der Waals surface area contributed by atoms with Gasteiger partial charge in [0.15, 0.2) is 23.6 Å². The van der Waals surface area contributed by atoms with Crippen molar-refractivity contribution in [3.05, 3.63) is 6.33 Å². The van der Waals surface area contributed by atoms with Crippen LogP contribution in [0.25, 0.3) is 11.2 Å². The summed E-state index contributed by atoms with van der Waals surface area (Å²) in [6, 6.07) is 0. The molecule has 0 aliphatic carbocycles. The standard InChI is InChI=1S/C11H14FN5O4/c1-20-9-6-8(15-11(13)16-9)17(3-14-6)10-5(12)7(19)4(2-18)21-10/h3-5,7,10,18-19H,2H2,1H3,(H2,13,15,16). The molecular formula is C11H14FN5O4. The average Bonchev–Trinajstić information content (AvgIpc) is 3.01. The molecule has 0 aromatic carbocycles. The third kappa shape index (κ3) is 2.07. The summed E-state index contributed by atoms with van der Waals surface area (Å²) < 4.78 is 25.8. The van der Waals surface area contributed by atoms with Crippen molar-refractivity contribution < 1.29 is 24.1 Å². The summed E-state index contributed by atoms with van der Waals surface area (Å²) in [6.07, 6.45) is -4.05. The molecule has 0 radical (unpaired) electrons. The Morgan fingerprint density at radius 2 is 2.29 bits per heavy atom. The first-order valence-corrected chi connectivity index (χ1v) is 6.19. The van der Waals surface area contributed by atoms with Crippen LogP contribution >= 0.6 is 0 Å². The molecule has 4 N–H and O–H groups in total. The molecule has 4 atom stereocenters. The SMILES string of the molecule is COc1nc(N)nc2c1ncn2C1OC(CO)C(O)C1F. The number of aromatic nitrogens is 4. The van der Waals surface area contributed by atoms with E-state index in [1.165, 1.54) is 18.0 Å². The lowest BCUT2D eigenvalue weighted by molar-refractivity contribution is -0.0459. The van der Waals surface area contributed by atoms with Gasteiger partial charge in [0.1, 0.15) is 12.2 Å². The molecule has 10 heteroatoms. The summed E-state index contributed by atoms with van der Waals surface area (Å²) in [6.45, 7) is -0.495. The van der Waals surface area contributed by atoms with Gasteiger partial charge in [-0.2, -0.15) is 9.97 Å². The summed E-state index contributed by atoms with van der Waals surface area (Å²) in [5.41, 5.74) is 6.09. The van der Waals surface area contributed by atoms with Crippen LogP contribution in [0.4, 0.5) is 10.3 Å². The fraction of sp³-hybridized carbons (Fsp3) is 0.545. The number of halogens is 1. The maximum absolute atomic E-state index is 14.2. The van der Waals surface area contributed by atoms with Crippen LogP contribution < -0.4 is 10.5 Å². The molecule has 114 valence electrons. The Hall–Kier alpha value is -2.04. The van der Waals surface area contributed by atoms with E-state index < -0.39 is 31.2 Å². The number of nitrogens with two attached hydrogens (primary N) is 1. The second kappa shape index (κ2) is 5.06. The van der Waals surface area contributed by atoms with Crippen molar-refractivity contribution in [3.63, 3.8) is 0 Å². The van der Waals surface area contributed by atoms with Crippen LogP contribution in [-0.2, 0) is 4.74 Å². The highest BCUT2D eigenvalue weighted by Crippen LogP contribution is 2.34. The first-order chi connectivity index (χ1) is 10.1. The number of hydrogen-bond donors (Lipinski definition) is 3. The molecule has 4 unspecified atom stereocenters. The molecule has 1 aliphatic rings. The van der Waals surface area contributed by atoms with E-state index >= 15 is 0 Å². The lowest BCUT2D eigenvalue weighted by Gasteiger charge is -2.15. The molecular weight excluding hydrogens is 285 g/mol. The Balaban J connectivity index is 2.07. The van der Waals surface area contributed by atoms with Gasteiger partial charge in [0.25, 0.3) is 0 Å². The van der Waals surface area contributed by atoms with Crippen LogP contribution in [0.15, 0.2) is 6.33 Å². The Bertz CT molecular complexity index is 665. The van der Waals surface area contributed by atoms with Gasteiger partial charge in [-0.25, -0.2) is 9.37 Å². The Labute approximate surface area is 118 Å². The normalized spacial score (nSPS) is 29.1. The molecule has 3 rings (SSSR count). The summed E-state index contributed by atoms with van der Waals surface area (Å²) in [5, 5.41) is 18.7. The molecule has 0 amide bonds. The molecule has 0 bridgehead atoms. The first-order valence-electron chi connectivity index (χ1n) is 6.19. The summed E-state index contributed by atoms with van der Waals surface area (Å²) >= 11 is 0. The van der Waals surface area contributed by atoms with Crippen LogP contribution in [0.5, 0.6) is 5.88 Å². The average molecular weight is 299 g/mol. The van der Waals surface area contributed by atoms with Crippen LogP contribution in [0, 0.1) is 0 Å². The van der Waals surface area contributed by atoms with E-state index in [9.17, 15) is 9.50 Å². The number of rotatable bonds is 3. The highest BCUT2D eigenvalue weighted by Gasteiger charge is 2.45. The lowest BCUT2D eigenvalue weighted by Crippen LogP contribution is -2.30. The van der Waals surface area contributed by atoms with E-state index in [-0.39, 0.29) is 17.5 Å². The van der Waals surface area contributed by atoms with E-state index in [0.717, 1.165) is 0 Å². The van der Waals surface area contributed by atoms with E-state index in [0.29, 0.717) is 5.52 Å². The maximum atomic E-state index is 14.2. The van der Waals surface area contributed by atoms with Crippen molar-refractivity contribution in [3.8, 4) is 5.88 Å². The second-order valence-corrected chi connectivity index (χ2v) is 4.60. The number of fused-ring (bicyclic) bond motifs is 1. The van der Waals surface area contributed by atoms with E-state index in [2.05, 4.69) is 15.0 Å². The summed E-state index contributed by atoms with van der Waals surface area (Å²) in [5.74, 6) is 0.0951. The smallest absolute Gasteiger partial charge is 0.246 e. The molecule has 9 nitrogen and oxygen atoms in total. The summed E-state index contributed by atoms with van der Waals surface area (Å²) in [7, 11) is 1.40. The number of aliphatic hydroxyl groups excluding tert-OH is 2. The Morgan fingerprint density at radius 3 is 2.90 bits per heavy atom. The number of nitrogen functional groups attached to an aromatic ring is 1. The fourth-order valence-electron chi connectivity index (χ4n) is 2.31. The van der Waals surface area contributed by atoms with Gasteiger partial charge in [0.05, 0.1) is 20.0 Å². The fourth-order valence-corrected chi connectivity index (χ4v) is 2.31. The zero-order valence-corrected chi connectivity index (χ0v) is 11.0. The van der Waals surface area contributed by atoms with Gasteiger partial charge in [-0.15, -0.1) is 0 Å². The highest BCUT2D eigenvalue weighted by molar-refractivity contribution is 5.77. The monoisotopic (exact) mass is 299 g/mol. The highest BCUT2D eigenvalue weighted by atomic mass is 19.1. The largest absolute Gasteiger partial charge is 0.479 e. The number of alkyl halides is 1. The minimum absolute atomic E-state index is 0.0613. The van der Waals surface area contributed by atoms with Crippen LogP contribution in [0.3, 0.4) is 0 Å². The van der Waals surface area contributed by atoms with Gasteiger partial charge in [0.2, 0.25) is 11.8 Å². The maximum Gasteiger partial charge on any atom is 0.246 e. The van der Waals surface area contributed by atoms with E-state index in [4.69, 9.17) is 20.3 Å². The molecule has 1 saturated heterocycles. The van der Waals surface area contributed by atoms with Gasteiger partial charge in [0, 0.05) is 0 Å². The molecule has 3 heterocycles. The third-order valence-electron chi connectivity index (χ3n) is 3.35. The molecule has 0 saturated carbocycles. The van der Waals surface area contributed by atoms with Crippen molar-refractivity contribution in [2.75, 3.05) is 19.5 Å². The molecule has 2 aromatic heterocycles. The summed E-state index contributed by atoms with van der Waals surface area (Å²) in [4.78, 5) is 11.9. The Kier molecular flexibility index (Phi) is 3.35. The van der Waals surface area contributed by atoms with Crippen LogP contribution in [0.2, 0.25) is 0 Å². The van der Waals surface area contributed by atoms with Gasteiger partial charge in [-0.3, -0.25) is 4.57 Å². The molecule has 1 aliphatic heterocycles. The lowest BCUT2D eigenvalue weighted by atomic mass is 10.1. The minimum atomic E-state index is -1.73. The third-order valence-corrected chi connectivity index (χ3v) is 3.35. The van der Waals surface area contributed by atoms with Gasteiger partial charge in [-0.1, -0.05) is 0 Å². The van der Waals surface area contributed by atoms with E-state index in [1.54, 1.807) is 0 Å². The van der Waals surface area contributed by atoms with Gasteiger partial charge >= 0.3 is 0 Å². The van der Waals surface area contributed by atoms with Crippen molar-refractivity contribution in [1.29, 1.82) is 0 Å². The number of ether oxygens (including phenoxy) is 2. The number of aliphatic hydroxyl groups is 2. The predicted molar refractivity (Wildman–Crippen MR) is 68.2 cm³/mol. The molecule has 1 fully saturated rings. The number of methoxy groups -OCH3 is 1. The number of anilines is 1. The molecule has 21 heavy (non-hydrogen) atoms. The Morgan fingerprint density at radius 1 is 1.52 bits per heavy atom.